The molecule has 1 aromatic carbocycles. The molecule has 1 N–H and O–H groups in total. The molecule has 1 amide bonds. The van der Waals surface area contributed by atoms with E-state index in [4.69, 9.17) is 14.5 Å². The first-order valence-electron chi connectivity index (χ1n) is 14.8. The summed E-state index contributed by atoms with van der Waals surface area (Å²) < 4.78 is 28.9. The first kappa shape index (κ1) is 27.9. The molecule has 226 valence electrons. The van der Waals surface area contributed by atoms with Crippen molar-refractivity contribution in [3.05, 3.63) is 72.3 Å². The minimum absolute atomic E-state index is 0.109. The van der Waals surface area contributed by atoms with Crippen LogP contribution in [0.25, 0.3) is 16.7 Å². The first-order valence-corrected chi connectivity index (χ1v) is 14.8. The number of nitrogens with zero attached hydrogens (tertiary/aromatic N) is 7. The lowest BCUT2D eigenvalue weighted by molar-refractivity contribution is -0.0183. The Bertz CT molecular complexity index is 1890. The molecule has 6 heterocycles. The second-order valence-electron chi connectivity index (χ2n) is 12.5. The van der Waals surface area contributed by atoms with Gasteiger partial charge >= 0.3 is 6.09 Å². The highest BCUT2D eigenvalue weighted by Gasteiger charge is 2.44. The number of anilines is 2. The van der Waals surface area contributed by atoms with Gasteiger partial charge in [-0.2, -0.15) is 5.10 Å². The number of amides is 1. The second kappa shape index (κ2) is 10.7. The zero-order chi connectivity index (χ0) is 30.6. The third-order valence-corrected chi connectivity index (χ3v) is 8.42. The summed E-state index contributed by atoms with van der Waals surface area (Å²) >= 11 is 0. The van der Waals surface area contributed by atoms with Crippen LogP contribution in [0.5, 0.6) is 11.5 Å². The number of nitrogens with one attached hydrogen (secondary N) is 1. The molecule has 5 aromatic rings. The number of benzene rings is 1. The molecule has 8 rings (SSSR count). The number of pyridine rings is 2. The summed E-state index contributed by atoms with van der Waals surface area (Å²) in [6.45, 7) is 7.98. The normalized spacial score (nSPS) is 19.8. The molecule has 4 aromatic heterocycles. The van der Waals surface area contributed by atoms with Crippen molar-refractivity contribution >= 4 is 34.3 Å². The molecule has 2 saturated heterocycles. The number of hydrogen-bond acceptors (Lipinski definition) is 9. The van der Waals surface area contributed by atoms with Crippen LogP contribution in [0.2, 0.25) is 0 Å². The fourth-order valence-electron chi connectivity index (χ4n) is 6.26. The van der Waals surface area contributed by atoms with E-state index in [9.17, 15) is 4.79 Å². The second-order valence-corrected chi connectivity index (χ2v) is 12.5. The van der Waals surface area contributed by atoms with E-state index in [1.807, 2.05) is 37.8 Å². The summed E-state index contributed by atoms with van der Waals surface area (Å²) in [6, 6.07) is 10.9. The van der Waals surface area contributed by atoms with Gasteiger partial charge in [0.15, 0.2) is 17.3 Å². The molecule has 1 aliphatic carbocycles. The van der Waals surface area contributed by atoms with E-state index >= 15 is 4.39 Å². The maximum absolute atomic E-state index is 15.7. The minimum Gasteiger partial charge on any atom is -0.457 e. The predicted molar refractivity (Wildman–Crippen MR) is 162 cm³/mol. The Labute approximate surface area is 253 Å². The molecular formula is C32H33FN8O3. The summed E-state index contributed by atoms with van der Waals surface area (Å²) in [7, 11) is 0. The summed E-state index contributed by atoms with van der Waals surface area (Å²) in [5, 5.41) is 7.22. The number of carbonyl (C=O) groups excluding carboxylic acids is 1. The fraction of sp³-hybridized carbons (Fsp3) is 0.375. The van der Waals surface area contributed by atoms with Gasteiger partial charge < -0.3 is 19.7 Å². The summed E-state index contributed by atoms with van der Waals surface area (Å²) in [5.41, 5.74) is 2.84. The molecule has 3 atom stereocenters. The number of piperidine rings is 2. The molecule has 2 aliphatic heterocycles. The van der Waals surface area contributed by atoms with Crippen LogP contribution < -0.4 is 10.1 Å². The quantitative estimate of drug-likeness (QED) is 0.241. The van der Waals surface area contributed by atoms with Crippen LogP contribution in [0.1, 0.15) is 57.2 Å². The van der Waals surface area contributed by atoms with Crippen LogP contribution in [-0.2, 0) is 4.74 Å². The van der Waals surface area contributed by atoms with Crippen molar-refractivity contribution in [2.45, 2.75) is 64.5 Å². The van der Waals surface area contributed by atoms with Crippen molar-refractivity contribution in [2.24, 2.45) is 5.92 Å². The molecule has 0 unspecified atom stereocenters. The highest BCUT2D eigenvalue weighted by atomic mass is 19.1. The summed E-state index contributed by atoms with van der Waals surface area (Å²) in [6.07, 6.45) is 7.18. The van der Waals surface area contributed by atoms with Crippen LogP contribution >= 0.6 is 0 Å². The standard InChI is InChI=1S/C32H33FN8O3/c1-18-26(43-21-11-12-41-27(14-21)35-17-37-41)10-9-24(28(18)33)39-30-29-25(34-16-36-30)8-7-23(38-29)22-13-20-6-5-19(22)15-40(20)31(42)44-32(2,3)4/h7-12,14,16-17,19-20,22H,5-6,13,15H2,1-4H3,(H,34,36,39)/t19-,20-,22-/m1/s1. The monoisotopic (exact) mass is 596 g/mol. The SMILES string of the molecule is Cc1c(Oc2ccn3ncnc3c2)ccc(Nc2ncnc3ccc([C@@H]4C[C@H]5CC[C@@H]4CN5C(=O)OC(C)(C)C)nc23)c1F. The van der Waals surface area contributed by atoms with Crippen LogP contribution in [0.3, 0.4) is 0 Å². The van der Waals surface area contributed by atoms with Crippen LogP contribution in [0.15, 0.2) is 55.2 Å². The van der Waals surface area contributed by atoms with Gasteiger partial charge in [-0.25, -0.2) is 33.6 Å². The highest BCUT2D eigenvalue weighted by Crippen LogP contribution is 2.45. The van der Waals surface area contributed by atoms with Gasteiger partial charge in [0.2, 0.25) is 0 Å². The van der Waals surface area contributed by atoms with Crippen molar-refractivity contribution in [1.29, 1.82) is 0 Å². The van der Waals surface area contributed by atoms with Gasteiger partial charge in [-0.3, -0.25) is 0 Å². The highest BCUT2D eigenvalue weighted by molar-refractivity contribution is 5.87. The van der Waals surface area contributed by atoms with Gasteiger partial charge in [0.05, 0.1) is 11.2 Å². The number of carbonyl (C=O) groups is 1. The van der Waals surface area contributed by atoms with Crippen LogP contribution in [0.4, 0.5) is 20.7 Å². The van der Waals surface area contributed by atoms with Crippen molar-refractivity contribution in [2.75, 3.05) is 11.9 Å². The van der Waals surface area contributed by atoms with Gasteiger partial charge in [-0.05, 0) is 83.2 Å². The first-order chi connectivity index (χ1) is 21.1. The van der Waals surface area contributed by atoms with Crippen molar-refractivity contribution in [1.82, 2.24) is 34.4 Å². The van der Waals surface area contributed by atoms with E-state index in [0.717, 1.165) is 25.0 Å². The molecule has 0 radical (unpaired) electrons. The van der Waals surface area contributed by atoms with Crippen LogP contribution in [0, 0.1) is 18.7 Å². The lowest BCUT2D eigenvalue weighted by atomic mass is 9.70. The van der Waals surface area contributed by atoms with Gasteiger partial charge in [0, 0.05) is 42.0 Å². The molecular weight excluding hydrogens is 563 g/mol. The van der Waals surface area contributed by atoms with E-state index in [1.54, 1.807) is 41.9 Å². The number of halogens is 1. The molecule has 3 aliphatic rings. The third-order valence-electron chi connectivity index (χ3n) is 8.42. The number of ether oxygens (including phenoxy) is 2. The average Bonchev–Trinajstić information content (AvgIpc) is 3.48. The topological polar surface area (TPSA) is 120 Å². The fourth-order valence-corrected chi connectivity index (χ4v) is 6.26. The summed E-state index contributed by atoms with van der Waals surface area (Å²) in [4.78, 5) is 32.7. The molecule has 11 nitrogen and oxygen atoms in total. The Morgan fingerprint density at radius 1 is 1.07 bits per heavy atom. The van der Waals surface area contributed by atoms with Gasteiger partial charge in [-0.1, -0.05) is 0 Å². The smallest absolute Gasteiger partial charge is 0.410 e. The lowest BCUT2D eigenvalue weighted by Gasteiger charge is -2.49. The third kappa shape index (κ3) is 5.24. The Kier molecular flexibility index (Phi) is 6.79. The van der Waals surface area contributed by atoms with E-state index < -0.39 is 11.4 Å². The maximum atomic E-state index is 15.7. The zero-order valence-corrected chi connectivity index (χ0v) is 25.0. The van der Waals surface area contributed by atoms with Crippen molar-refractivity contribution < 1.29 is 18.7 Å². The van der Waals surface area contributed by atoms with E-state index in [2.05, 4.69) is 25.4 Å². The number of rotatable bonds is 5. The Morgan fingerprint density at radius 2 is 1.93 bits per heavy atom. The average molecular weight is 597 g/mol. The summed E-state index contributed by atoms with van der Waals surface area (Å²) in [5.74, 6) is 1.34. The zero-order valence-electron chi connectivity index (χ0n) is 25.0. The predicted octanol–water partition coefficient (Wildman–Crippen LogP) is 6.55. The Morgan fingerprint density at radius 3 is 2.73 bits per heavy atom. The molecule has 0 spiro atoms. The largest absolute Gasteiger partial charge is 0.457 e. The van der Waals surface area contributed by atoms with Crippen molar-refractivity contribution in [3.8, 4) is 11.5 Å². The molecule has 1 saturated carbocycles. The van der Waals surface area contributed by atoms with E-state index in [0.29, 0.717) is 46.1 Å². The molecule has 3 fully saturated rings. The number of aromatic nitrogens is 6. The Hall–Kier alpha value is -4.87. The van der Waals surface area contributed by atoms with Crippen LogP contribution in [-0.4, -0.2) is 58.7 Å². The Balaban J connectivity index is 1.12. The number of fused-ring (bicyclic) bond motifs is 5. The minimum atomic E-state index is -0.532. The maximum Gasteiger partial charge on any atom is 0.410 e. The number of hydrogen-bond donors (Lipinski definition) is 1. The van der Waals surface area contributed by atoms with Gasteiger partial charge in [0.1, 0.15) is 35.3 Å². The molecule has 12 heteroatoms. The van der Waals surface area contributed by atoms with E-state index in [-0.39, 0.29) is 29.7 Å². The lowest BCUT2D eigenvalue weighted by Crippen LogP contribution is -2.54. The molecule has 44 heavy (non-hydrogen) atoms. The van der Waals surface area contributed by atoms with Gasteiger partial charge in [0.25, 0.3) is 0 Å². The van der Waals surface area contributed by atoms with E-state index in [1.165, 1.54) is 12.7 Å². The van der Waals surface area contributed by atoms with Gasteiger partial charge in [-0.15, -0.1) is 0 Å². The molecule has 2 bridgehead atoms. The van der Waals surface area contributed by atoms with Crippen molar-refractivity contribution in [3.63, 3.8) is 0 Å².